The van der Waals surface area contributed by atoms with Gasteiger partial charge in [0.1, 0.15) is 12.1 Å². The van der Waals surface area contributed by atoms with Crippen LogP contribution in [0, 0.1) is 0 Å². The second kappa shape index (κ2) is 14.0. The van der Waals surface area contributed by atoms with Gasteiger partial charge in [0, 0.05) is 44.4 Å². The molecule has 0 bridgehead atoms. The van der Waals surface area contributed by atoms with E-state index < -0.39 is 6.04 Å². The summed E-state index contributed by atoms with van der Waals surface area (Å²) >= 11 is 0. The number of likely N-dealkylation sites (tertiary alicyclic amines) is 2. The average molecular weight is 493 g/mol. The lowest BCUT2D eigenvalue weighted by molar-refractivity contribution is -0.156. The maximum absolute atomic E-state index is 13.4. The van der Waals surface area contributed by atoms with Gasteiger partial charge in [-0.3, -0.25) is 9.97 Å². The summed E-state index contributed by atoms with van der Waals surface area (Å²) in [5, 5.41) is 0. The number of esters is 1. The molecular weight excluding hydrogens is 452 g/mol. The number of aryl methyl sites for hydroxylation is 2. The summed E-state index contributed by atoms with van der Waals surface area (Å²) in [5.74, 6) is -0.229. The molecule has 2 aromatic heterocycles. The monoisotopic (exact) mass is 492 g/mol. The second-order valence-corrected chi connectivity index (χ2v) is 10.1. The summed E-state index contributed by atoms with van der Waals surface area (Å²) in [7, 11) is 0. The molecule has 0 saturated carbocycles. The van der Waals surface area contributed by atoms with Gasteiger partial charge in [-0.15, -0.1) is 0 Å². The maximum atomic E-state index is 13.4. The molecule has 0 spiro atoms. The van der Waals surface area contributed by atoms with Gasteiger partial charge in [-0.2, -0.15) is 0 Å². The van der Waals surface area contributed by atoms with Crippen molar-refractivity contribution in [2.75, 3.05) is 19.6 Å². The van der Waals surface area contributed by atoms with E-state index in [1.54, 1.807) is 17.3 Å². The SMILES string of the molecule is O=C(OC(CCCc1cccnc1)CCCc1cccnc1)C1CCCCN1C(=O)N1CCCCC1. The molecule has 2 fully saturated rings. The highest BCUT2D eigenvalue weighted by molar-refractivity contribution is 5.84. The molecule has 2 aliphatic rings. The van der Waals surface area contributed by atoms with Gasteiger partial charge in [0.15, 0.2) is 0 Å². The molecule has 7 heteroatoms. The number of carbonyl (C=O) groups is 2. The molecule has 0 N–H and O–H groups in total. The number of ether oxygens (including phenoxy) is 1. The molecule has 0 aromatic carbocycles. The van der Waals surface area contributed by atoms with Crippen molar-refractivity contribution in [1.29, 1.82) is 0 Å². The second-order valence-electron chi connectivity index (χ2n) is 10.1. The fourth-order valence-corrected chi connectivity index (χ4v) is 5.34. The number of urea groups is 1. The minimum absolute atomic E-state index is 0.0149. The number of piperidine rings is 2. The molecule has 1 unspecified atom stereocenters. The van der Waals surface area contributed by atoms with Crippen LogP contribution < -0.4 is 0 Å². The normalized spacial score (nSPS) is 18.3. The first-order chi connectivity index (χ1) is 17.7. The highest BCUT2D eigenvalue weighted by atomic mass is 16.5. The van der Waals surface area contributed by atoms with Gasteiger partial charge >= 0.3 is 12.0 Å². The summed E-state index contributed by atoms with van der Waals surface area (Å²) in [5.41, 5.74) is 2.40. The van der Waals surface area contributed by atoms with E-state index in [9.17, 15) is 9.59 Å². The Morgan fingerprint density at radius 3 is 2.06 bits per heavy atom. The van der Waals surface area contributed by atoms with Crippen LogP contribution in [0.2, 0.25) is 0 Å². The van der Waals surface area contributed by atoms with Crippen molar-refractivity contribution in [2.45, 2.75) is 89.2 Å². The first-order valence-corrected chi connectivity index (χ1v) is 13.7. The van der Waals surface area contributed by atoms with Crippen LogP contribution in [-0.2, 0) is 22.4 Å². The predicted octanol–water partition coefficient (Wildman–Crippen LogP) is 5.19. The number of carbonyl (C=O) groups excluding carboxylic acids is 2. The van der Waals surface area contributed by atoms with Crippen molar-refractivity contribution in [2.24, 2.45) is 0 Å². The van der Waals surface area contributed by atoms with Gasteiger partial charge in [0.2, 0.25) is 0 Å². The smallest absolute Gasteiger partial charge is 0.329 e. The lowest BCUT2D eigenvalue weighted by atomic mass is 10.0. The topological polar surface area (TPSA) is 75.6 Å². The van der Waals surface area contributed by atoms with Crippen molar-refractivity contribution in [3.05, 3.63) is 60.2 Å². The first kappa shape index (κ1) is 26.1. The molecule has 36 heavy (non-hydrogen) atoms. The summed E-state index contributed by atoms with van der Waals surface area (Å²) in [4.78, 5) is 38.8. The Kier molecular flexibility index (Phi) is 10.1. The molecule has 0 aliphatic carbocycles. The molecular formula is C29H40N4O3. The molecule has 2 amide bonds. The fourth-order valence-electron chi connectivity index (χ4n) is 5.34. The highest BCUT2D eigenvalue weighted by Crippen LogP contribution is 2.24. The Morgan fingerprint density at radius 2 is 1.47 bits per heavy atom. The molecule has 7 nitrogen and oxygen atoms in total. The van der Waals surface area contributed by atoms with Crippen molar-refractivity contribution in [3.63, 3.8) is 0 Å². The summed E-state index contributed by atoms with van der Waals surface area (Å²) in [6.07, 6.45) is 18.4. The van der Waals surface area contributed by atoms with Gasteiger partial charge in [-0.1, -0.05) is 12.1 Å². The number of hydrogen-bond acceptors (Lipinski definition) is 5. The van der Waals surface area contributed by atoms with Crippen LogP contribution in [0.3, 0.4) is 0 Å². The molecule has 4 heterocycles. The van der Waals surface area contributed by atoms with E-state index in [0.29, 0.717) is 13.0 Å². The van der Waals surface area contributed by atoms with E-state index in [4.69, 9.17) is 4.74 Å². The average Bonchev–Trinajstić information content (AvgIpc) is 2.94. The van der Waals surface area contributed by atoms with E-state index in [0.717, 1.165) is 77.3 Å². The fraction of sp³-hybridized carbons (Fsp3) is 0.586. The predicted molar refractivity (Wildman–Crippen MR) is 139 cm³/mol. The minimum atomic E-state index is -0.465. The van der Waals surface area contributed by atoms with E-state index in [1.165, 1.54) is 17.5 Å². The molecule has 2 aliphatic heterocycles. The van der Waals surface area contributed by atoms with Crippen LogP contribution in [0.5, 0.6) is 0 Å². The molecule has 2 saturated heterocycles. The van der Waals surface area contributed by atoms with Crippen LogP contribution in [0.15, 0.2) is 49.1 Å². The number of pyridine rings is 2. The number of rotatable bonds is 10. The summed E-state index contributed by atoms with van der Waals surface area (Å²) in [6.45, 7) is 2.23. The van der Waals surface area contributed by atoms with Crippen LogP contribution in [0.1, 0.15) is 75.3 Å². The van der Waals surface area contributed by atoms with E-state index in [2.05, 4.69) is 22.1 Å². The van der Waals surface area contributed by atoms with Crippen molar-refractivity contribution in [1.82, 2.24) is 19.8 Å². The third-order valence-electron chi connectivity index (χ3n) is 7.36. The van der Waals surface area contributed by atoms with Crippen molar-refractivity contribution < 1.29 is 14.3 Å². The Hall–Kier alpha value is -2.96. The van der Waals surface area contributed by atoms with Gasteiger partial charge in [-0.05, 0) is 100 Å². The number of aromatic nitrogens is 2. The van der Waals surface area contributed by atoms with Crippen LogP contribution in [0.4, 0.5) is 4.79 Å². The number of amides is 2. The third-order valence-corrected chi connectivity index (χ3v) is 7.36. The number of hydrogen-bond donors (Lipinski definition) is 0. The molecule has 194 valence electrons. The summed E-state index contributed by atoms with van der Waals surface area (Å²) < 4.78 is 6.15. The maximum Gasteiger partial charge on any atom is 0.329 e. The Bertz CT molecular complexity index is 889. The molecule has 1 atom stereocenters. The Labute approximate surface area is 215 Å². The van der Waals surface area contributed by atoms with E-state index in [-0.39, 0.29) is 18.1 Å². The van der Waals surface area contributed by atoms with Gasteiger partial charge in [0.05, 0.1) is 0 Å². The van der Waals surface area contributed by atoms with Gasteiger partial charge < -0.3 is 14.5 Å². The van der Waals surface area contributed by atoms with Gasteiger partial charge in [0.25, 0.3) is 0 Å². The minimum Gasteiger partial charge on any atom is -0.461 e. The zero-order chi connectivity index (χ0) is 25.0. The molecule has 2 aromatic rings. The highest BCUT2D eigenvalue weighted by Gasteiger charge is 2.36. The van der Waals surface area contributed by atoms with Crippen molar-refractivity contribution in [3.8, 4) is 0 Å². The zero-order valence-electron chi connectivity index (χ0n) is 21.4. The third kappa shape index (κ3) is 7.77. The quantitative estimate of drug-likeness (QED) is 0.427. The largest absolute Gasteiger partial charge is 0.461 e. The van der Waals surface area contributed by atoms with Crippen molar-refractivity contribution >= 4 is 12.0 Å². The van der Waals surface area contributed by atoms with Crippen LogP contribution in [0.25, 0.3) is 0 Å². The molecule has 4 rings (SSSR count). The zero-order valence-corrected chi connectivity index (χ0v) is 21.4. The Balaban J connectivity index is 1.35. The van der Waals surface area contributed by atoms with E-state index >= 15 is 0 Å². The first-order valence-electron chi connectivity index (χ1n) is 13.7. The number of nitrogens with zero attached hydrogens (tertiary/aromatic N) is 4. The molecule has 0 radical (unpaired) electrons. The van der Waals surface area contributed by atoms with Crippen LogP contribution >= 0.6 is 0 Å². The van der Waals surface area contributed by atoms with Crippen LogP contribution in [-0.4, -0.2) is 63.5 Å². The standard InChI is InChI=1S/C29H40N4O3/c34-28(27-16-2-5-21-33(27)29(35)32-19-3-1-4-20-32)36-26(14-6-10-24-12-8-17-30-22-24)15-7-11-25-13-9-18-31-23-25/h8-9,12-13,17-18,22-23,26-27H,1-7,10-11,14-16,19-21H2. The van der Waals surface area contributed by atoms with Gasteiger partial charge in [-0.25, -0.2) is 9.59 Å². The Morgan fingerprint density at radius 1 is 0.861 bits per heavy atom. The lowest BCUT2D eigenvalue weighted by Crippen LogP contribution is -2.54. The lowest BCUT2D eigenvalue weighted by Gasteiger charge is -2.39. The summed E-state index contributed by atoms with van der Waals surface area (Å²) in [6, 6.07) is 7.63. The van der Waals surface area contributed by atoms with E-state index in [1.807, 2.05) is 29.4 Å².